The molecule has 0 aromatic rings. The van der Waals surface area contributed by atoms with Crippen LogP contribution in [0.4, 0.5) is 0 Å². The molecular formula is C44H78O12. The van der Waals surface area contributed by atoms with Gasteiger partial charge in [0.25, 0.3) is 0 Å². The van der Waals surface area contributed by atoms with Crippen LogP contribution in [0, 0.1) is 45.3 Å². The largest absolute Gasteiger partial charge is 0.394 e. The van der Waals surface area contributed by atoms with E-state index in [0.29, 0.717) is 25.2 Å². The number of allylic oxidation sites excluding steroid dienone is 2. The van der Waals surface area contributed by atoms with Crippen LogP contribution in [-0.2, 0) is 18.9 Å². The SMILES string of the molecule is CCC(OC1OC(CO)[C@H](O)C1O)C(OC(O[C@@](C)(CCC=C(C)C)C1CC[C@]2(C)C1C(O)CC1[C@@]3(C)CC[C@H](O)C(C)(C)C3CC[C@]12C)C(O)CO)C(C)O. The van der Waals surface area contributed by atoms with E-state index in [9.17, 15) is 40.9 Å². The Morgan fingerprint density at radius 3 is 2.14 bits per heavy atom. The van der Waals surface area contributed by atoms with Crippen molar-refractivity contribution in [1.82, 2.24) is 0 Å². The van der Waals surface area contributed by atoms with Gasteiger partial charge in [0.15, 0.2) is 12.6 Å². The summed E-state index contributed by atoms with van der Waals surface area (Å²) in [6, 6.07) is 0. The van der Waals surface area contributed by atoms with E-state index >= 15 is 0 Å². The Morgan fingerprint density at radius 1 is 0.911 bits per heavy atom. The molecule has 13 unspecified atom stereocenters. The zero-order chi connectivity index (χ0) is 41.8. The maximum Gasteiger partial charge on any atom is 0.187 e. The molecule has 4 saturated carbocycles. The third kappa shape index (κ3) is 8.07. The highest BCUT2D eigenvalue weighted by atomic mass is 16.7. The summed E-state index contributed by atoms with van der Waals surface area (Å²) in [5, 5.41) is 87.0. The highest BCUT2D eigenvalue weighted by Gasteiger charge is 2.71. The fourth-order valence-electron chi connectivity index (χ4n) is 13.2. The molecule has 19 atom stereocenters. The van der Waals surface area contributed by atoms with Crippen molar-refractivity contribution in [1.29, 1.82) is 0 Å². The summed E-state index contributed by atoms with van der Waals surface area (Å²) in [6.45, 7) is 20.0. The van der Waals surface area contributed by atoms with E-state index in [1.807, 2.05) is 20.8 Å². The third-order valence-electron chi connectivity index (χ3n) is 16.6. The summed E-state index contributed by atoms with van der Waals surface area (Å²) in [6.07, 6.45) is -2.31. The summed E-state index contributed by atoms with van der Waals surface area (Å²) in [7, 11) is 0. The number of hydrogen-bond acceptors (Lipinski definition) is 12. The molecule has 1 aliphatic heterocycles. The molecule has 0 amide bonds. The van der Waals surface area contributed by atoms with Crippen molar-refractivity contribution in [2.45, 2.75) is 207 Å². The van der Waals surface area contributed by atoms with Crippen molar-refractivity contribution >= 4 is 0 Å². The lowest BCUT2D eigenvalue weighted by Gasteiger charge is -2.70. The van der Waals surface area contributed by atoms with Gasteiger partial charge in [-0.1, -0.05) is 53.2 Å². The Balaban J connectivity index is 1.46. The fraction of sp³-hybridized carbons (Fsp3) is 0.955. The average Bonchev–Trinajstić information content (AvgIpc) is 3.65. The first-order valence-electron chi connectivity index (χ1n) is 21.6. The van der Waals surface area contributed by atoms with Gasteiger partial charge in [-0.15, -0.1) is 0 Å². The summed E-state index contributed by atoms with van der Waals surface area (Å²) >= 11 is 0. The molecule has 5 aliphatic rings. The quantitative estimate of drug-likeness (QED) is 0.0820. The van der Waals surface area contributed by atoms with Crippen molar-refractivity contribution in [3.63, 3.8) is 0 Å². The Morgan fingerprint density at radius 2 is 1.57 bits per heavy atom. The van der Waals surface area contributed by atoms with Crippen LogP contribution in [0.25, 0.3) is 0 Å². The van der Waals surface area contributed by atoms with Gasteiger partial charge in [0.2, 0.25) is 0 Å². The lowest BCUT2D eigenvalue weighted by molar-refractivity contribution is -0.313. The second-order valence-corrected chi connectivity index (χ2v) is 20.3. The second kappa shape index (κ2) is 17.3. The topological polar surface area (TPSA) is 199 Å². The molecule has 8 N–H and O–H groups in total. The summed E-state index contributed by atoms with van der Waals surface area (Å²) in [5.74, 6) is 0.412. The van der Waals surface area contributed by atoms with Crippen LogP contribution >= 0.6 is 0 Å². The summed E-state index contributed by atoms with van der Waals surface area (Å²) < 4.78 is 25.1. The molecule has 1 saturated heterocycles. The maximum absolute atomic E-state index is 12.5. The minimum Gasteiger partial charge on any atom is -0.394 e. The Kier molecular flexibility index (Phi) is 14.3. The minimum absolute atomic E-state index is 0.0131. The molecule has 12 nitrogen and oxygen atoms in total. The van der Waals surface area contributed by atoms with E-state index in [1.54, 1.807) is 6.92 Å². The molecule has 0 aromatic carbocycles. The number of aliphatic hydroxyl groups excluding tert-OH is 8. The molecule has 12 heteroatoms. The number of hydrogen-bond donors (Lipinski definition) is 8. The van der Waals surface area contributed by atoms with Gasteiger partial charge in [-0.2, -0.15) is 0 Å². The highest BCUT2D eigenvalue weighted by molar-refractivity contribution is 5.20. The first-order chi connectivity index (χ1) is 26.1. The molecule has 56 heavy (non-hydrogen) atoms. The predicted molar refractivity (Wildman–Crippen MR) is 211 cm³/mol. The lowest BCUT2D eigenvalue weighted by atomic mass is 9.35. The van der Waals surface area contributed by atoms with Crippen LogP contribution in [0.1, 0.15) is 133 Å². The van der Waals surface area contributed by atoms with Gasteiger partial charge in [0.1, 0.15) is 30.5 Å². The number of ether oxygens (including phenoxy) is 4. The average molecular weight is 799 g/mol. The van der Waals surface area contributed by atoms with Crippen LogP contribution in [0.5, 0.6) is 0 Å². The summed E-state index contributed by atoms with van der Waals surface area (Å²) in [4.78, 5) is 0. The zero-order valence-corrected chi connectivity index (χ0v) is 35.9. The van der Waals surface area contributed by atoms with Crippen LogP contribution in [0.3, 0.4) is 0 Å². The lowest BCUT2D eigenvalue weighted by Crippen LogP contribution is -2.66. The molecule has 326 valence electrons. The monoisotopic (exact) mass is 799 g/mol. The van der Waals surface area contributed by atoms with Crippen molar-refractivity contribution in [2.24, 2.45) is 45.3 Å². The molecule has 1 heterocycles. The Bertz CT molecular complexity index is 1340. The maximum atomic E-state index is 12.5. The van der Waals surface area contributed by atoms with Crippen molar-refractivity contribution in [3.05, 3.63) is 11.6 Å². The van der Waals surface area contributed by atoms with E-state index in [2.05, 4.69) is 40.7 Å². The van der Waals surface area contributed by atoms with Crippen molar-refractivity contribution in [2.75, 3.05) is 13.2 Å². The van der Waals surface area contributed by atoms with E-state index in [4.69, 9.17) is 18.9 Å². The van der Waals surface area contributed by atoms with Gasteiger partial charge in [-0.3, -0.25) is 0 Å². The normalized spacial score (nSPS) is 44.4. The van der Waals surface area contributed by atoms with Gasteiger partial charge < -0.3 is 59.8 Å². The predicted octanol–water partition coefficient (Wildman–Crippen LogP) is 4.20. The van der Waals surface area contributed by atoms with E-state index in [0.717, 1.165) is 44.1 Å². The number of aliphatic hydroxyl groups is 8. The minimum atomic E-state index is -1.49. The van der Waals surface area contributed by atoms with Crippen LogP contribution in [0.2, 0.25) is 0 Å². The van der Waals surface area contributed by atoms with Gasteiger partial charge >= 0.3 is 0 Å². The van der Waals surface area contributed by atoms with E-state index in [-0.39, 0.29) is 51.9 Å². The Hall–Kier alpha value is -0.740. The number of fused-ring (bicyclic) bond motifs is 5. The smallest absolute Gasteiger partial charge is 0.187 e. The molecular weight excluding hydrogens is 720 g/mol. The van der Waals surface area contributed by atoms with Crippen LogP contribution in [-0.4, -0.2) is 127 Å². The standard InChI is InChI=1S/C44H78O12/c1-11-29(53-39-36(52)35(51)30(23-46)54-39)37(25(4)47)55-38(28(49)22-45)56-44(10,17-12-13-24(2)3)26-14-19-43(9)34(26)27(48)21-32-41(7)18-16-33(50)40(5,6)31(41)15-20-42(32,43)8/h13,25-39,45-52H,11-12,14-23H2,1-10H3/t25?,26?,27?,28?,29?,30?,31?,32?,33-,34?,35-,36?,37?,38?,39?,41-,42+,43+,44-/m0/s1. The molecule has 0 radical (unpaired) electrons. The van der Waals surface area contributed by atoms with Crippen molar-refractivity contribution < 1.29 is 59.8 Å². The first-order valence-corrected chi connectivity index (χ1v) is 21.6. The number of rotatable bonds is 16. The molecule has 5 fully saturated rings. The Labute approximate surface area is 336 Å². The van der Waals surface area contributed by atoms with E-state index in [1.165, 1.54) is 6.92 Å². The van der Waals surface area contributed by atoms with Gasteiger partial charge in [0, 0.05) is 0 Å². The van der Waals surface area contributed by atoms with E-state index < -0.39 is 80.2 Å². The van der Waals surface area contributed by atoms with Gasteiger partial charge in [0.05, 0.1) is 43.2 Å². The van der Waals surface area contributed by atoms with Gasteiger partial charge in [-0.25, -0.2) is 0 Å². The first kappa shape index (κ1) is 46.3. The third-order valence-corrected chi connectivity index (χ3v) is 16.6. The summed E-state index contributed by atoms with van der Waals surface area (Å²) in [5.41, 5.74) is -0.271. The highest BCUT2D eigenvalue weighted by Crippen LogP contribution is 2.76. The van der Waals surface area contributed by atoms with Crippen molar-refractivity contribution in [3.8, 4) is 0 Å². The zero-order valence-electron chi connectivity index (χ0n) is 35.9. The molecule has 0 spiro atoms. The van der Waals surface area contributed by atoms with Crippen LogP contribution < -0.4 is 0 Å². The molecule has 4 aliphatic carbocycles. The second-order valence-electron chi connectivity index (χ2n) is 20.3. The fourth-order valence-corrected chi connectivity index (χ4v) is 13.2. The van der Waals surface area contributed by atoms with Gasteiger partial charge in [-0.05, 0) is 137 Å². The molecule has 0 aromatic heterocycles. The molecule has 5 rings (SSSR count). The molecule has 0 bridgehead atoms. The van der Waals surface area contributed by atoms with Crippen LogP contribution in [0.15, 0.2) is 11.6 Å².